The summed E-state index contributed by atoms with van der Waals surface area (Å²) in [6.07, 6.45) is 1.54. The van der Waals surface area contributed by atoms with Crippen molar-refractivity contribution in [2.45, 2.75) is 0 Å². The van der Waals surface area contributed by atoms with Crippen LogP contribution >= 0.6 is 11.6 Å². The molecule has 0 saturated heterocycles. The number of nitrogens with two attached hydrogens (primary N) is 1. The van der Waals surface area contributed by atoms with E-state index in [9.17, 15) is 10.1 Å². The van der Waals surface area contributed by atoms with Crippen molar-refractivity contribution in [1.82, 2.24) is 9.78 Å². The van der Waals surface area contributed by atoms with Gasteiger partial charge in [-0.1, -0.05) is 23.7 Å². The molecule has 1 amide bonds. The maximum Gasteiger partial charge on any atom is 0.257 e. The zero-order valence-corrected chi connectivity index (χ0v) is 15.9. The van der Waals surface area contributed by atoms with Crippen LogP contribution in [0.15, 0.2) is 48.7 Å². The smallest absolute Gasteiger partial charge is 0.257 e. The van der Waals surface area contributed by atoms with E-state index >= 15 is 0 Å². The topological polar surface area (TPSA) is 106 Å². The number of benzene rings is 2. The van der Waals surface area contributed by atoms with Gasteiger partial charge in [-0.15, -0.1) is 0 Å². The van der Waals surface area contributed by atoms with Gasteiger partial charge in [-0.05, 0) is 30.3 Å². The molecule has 7 nitrogen and oxygen atoms in total. The first kappa shape index (κ1) is 19.4. The van der Waals surface area contributed by atoms with Crippen molar-refractivity contribution in [3.63, 3.8) is 0 Å². The molecule has 1 aromatic heterocycles. The summed E-state index contributed by atoms with van der Waals surface area (Å²) < 4.78 is 7.35. The normalized spacial score (nSPS) is 10.4. The van der Waals surface area contributed by atoms with Gasteiger partial charge in [0.1, 0.15) is 12.4 Å². The van der Waals surface area contributed by atoms with Gasteiger partial charge < -0.3 is 15.8 Å². The van der Waals surface area contributed by atoms with E-state index in [1.54, 1.807) is 54.2 Å². The van der Waals surface area contributed by atoms with Gasteiger partial charge in [-0.2, -0.15) is 10.4 Å². The fraction of sp³-hybridized carbons (Fsp3) is 0.150. The summed E-state index contributed by atoms with van der Waals surface area (Å²) in [5.74, 6) is 0.196. The number of rotatable bonds is 6. The van der Waals surface area contributed by atoms with Gasteiger partial charge in [0.2, 0.25) is 0 Å². The molecule has 0 saturated carbocycles. The third-order valence-corrected chi connectivity index (χ3v) is 4.33. The van der Waals surface area contributed by atoms with Gasteiger partial charge >= 0.3 is 0 Å². The monoisotopic (exact) mass is 395 g/mol. The number of ether oxygens (including phenoxy) is 1. The fourth-order valence-corrected chi connectivity index (χ4v) is 3.05. The highest BCUT2D eigenvalue weighted by Gasteiger charge is 2.17. The van der Waals surface area contributed by atoms with E-state index in [0.29, 0.717) is 52.0 Å². The van der Waals surface area contributed by atoms with Crippen molar-refractivity contribution in [3.05, 3.63) is 64.8 Å². The lowest BCUT2D eigenvalue weighted by atomic mass is 10.1. The van der Waals surface area contributed by atoms with Crippen molar-refractivity contribution in [3.8, 4) is 23.1 Å². The lowest BCUT2D eigenvalue weighted by molar-refractivity contribution is 0.102. The molecule has 8 heteroatoms. The molecule has 0 unspecified atom stereocenters. The summed E-state index contributed by atoms with van der Waals surface area (Å²) in [5.41, 5.74) is 8.00. The van der Waals surface area contributed by atoms with Gasteiger partial charge in [-0.3, -0.25) is 9.48 Å². The molecule has 3 rings (SSSR count). The Labute approximate surface area is 167 Å². The van der Waals surface area contributed by atoms with Crippen molar-refractivity contribution in [2.75, 3.05) is 18.5 Å². The average molecular weight is 396 g/mol. The Morgan fingerprint density at radius 1 is 1.36 bits per heavy atom. The maximum absolute atomic E-state index is 12.6. The largest absolute Gasteiger partial charge is 0.492 e. The van der Waals surface area contributed by atoms with E-state index in [2.05, 4.69) is 10.4 Å². The van der Waals surface area contributed by atoms with Crippen LogP contribution in [0.4, 0.5) is 5.69 Å². The number of nitrogens with zero attached hydrogens (tertiary/aromatic N) is 3. The summed E-state index contributed by atoms with van der Waals surface area (Å²) >= 11 is 6.29. The van der Waals surface area contributed by atoms with Crippen LogP contribution in [0.5, 0.6) is 5.75 Å². The fourth-order valence-electron chi connectivity index (χ4n) is 2.78. The van der Waals surface area contributed by atoms with E-state index in [0.717, 1.165) is 0 Å². The second-order valence-electron chi connectivity index (χ2n) is 5.92. The van der Waals surface area contributed by atoms with Gasteiger partial charge in [0.25, 0.3) is 5.91 Å². The highest BCUT2D eigenvalue weighted by molar-refractivity contribution is 6.33. The van der Waals surface area contributed by atoms with E-state index in [4.69, 9.17) is 22.1 Å². The Morgan fingerprint density at radius 3 is 2.82 bits per heavy atom. The first-order chi connectivity index (χ1) is 13.5. The predicted molar refractivity (Wildman–Crippen MR) is 107 cm³/mol. The standard InChI is InChI=1S/C20H18ClN5O2/c1-26-19(17(21)12-24-26)16-10-14(6-7-18(16)28-9-8-22)25-20(27)15-5-3-2-4-13(15)11-23/h2-7,10,12H,8-9,22H2,1H3,(H,25,27). The Balaban J connectivity index is 1.98. The number of hydrogen-bond acceptors (Lipinski definition) is 5. The third-order valence-electron chi connectivity index (χ3n) is 4.05. The number of nitrogens with one attached hydrogen (secondary N) is 1. The number of carbonyl (C=O) groups is 1. The number of aryl methyl sites for hydroxylation is 1. The lowest BCUT2D eigenvalue weighted by Crippen LogP contribution is -2.14. The molecular formula is C20H18ClN5O2. The molecule has 0 radical (unpaired) electrons. The van der Waals surface area contributed by atoms with Gasteiger partial charge in [0.05, 0.1) is 34.1 Å². The first-order valence-corrected chi connectivity index (χ1v) is 8.88. The minimum atomic E-state index is -0.380. The number of halogens is 1. The van der Waals surface area contributed by atoms with Crippen LogP contribution < -0.4 is 15.8 Å². The summed E-state index contributed by atoms with van der Waals surface area (Å²) in [6, 6.07) is 13.8. The van der Waals surface area contributed by atoms with Crippen molar-refractivity contribution in [1.29, 1.82) is 5.26 Å². The summed E-state index contributed by atoms with van der Waals surface area (Å²) in [6.45, 7) is 0.700. The van der Waals surface area contributed by atoms with Gasteiger partial charge in [0.15, 0.2) is 0 Å². The predicted octanol–water partition coefficient (Wildman–Crippen LogP) is 3.20. The highest BCUT2D eigenvalue weighted by atomic mass is 35.5. The van der Waals surface area contributed by atoms with Crippen LogP contribution in [0.3, 0.4) is 0 Å². The maximum atomic E-state index is 12.6. The molecule has 0 aliphatic heterocycles. The quantitative estimate of drug-likeness (QED) is 0.666. The Kier molecular flexibility index (Phi) is 5.94. The number of anilines is 1. The molecule has 0 spiro atoms. The highest BCUT2D eigenvalue weighted by Crippen LogP contribution is 2.36. The minimum Gasteiger partial charge on any atom is -0.492 e. The van der Waals surface area contributed by atoms with E-state index in [1.165, 1.54) is 6.20 Å². The van der Waals surface area contributed by atoms with Crippen molar-refractivity contribution >= 4 is 23.2 Å². The molecule has 0 atom stereocenters. The molecule has 1 heterocycles. The van der Waals surface area contributed by atoms with E-state index in [-0.39, 0.29) is 5.91 Å². The lowest BCUT2D eigenvalue weighted by Gasteiger charge is -2.14. The molecular weight excluding hydrogens is 378 g/mol. The minimum absolute atomic E-state index is 0.300. The zero-order valence-electron chi connectivity index (χ0n) is 15.1. The Morgan fingerprint density at radius 2 is 2.14 bits per heavy atom. The molecule has 0 aliphatic rings. The number of amides is 1. The number of hydrogen-bond donors (Lipinski definition) is 2. The summed E-state index contributed by atoms with van der Waals surface area (Å²) in [5, 5.41) is 16.6. The summed E-state index contributed by atoms with van der Waals surface area (Å²) in [4.78, 5) is 12.6. The van der Waals surface area contributed by atoms with Gasteiger partial charge in [-0.25, -0.2) is 0 Å². The molecule has 0 bridgehead atoms. The van der Waals surface area contributed by atoms with Crippen LogP contribution in [-0.2, 0) is 7.05 Å². The summed E-state index contributed by atoms with van der Waals surface area (Å²) in [7, 11) is 1.77. The average Bonchev–Trinajstić information content (AvgIpc) is 3.04. The zero-order chi connectivity index (χ0) is 20.1. The van der Waals surface area contributed by atoms with Crippen LogP contribution in [-0.4, -0.2) is 28.8 Å². The second kappa shape index (κ2) is 8.57. The van der Waals surface area contributed by atoms with Crippen molar-refractivity contribution in [2.24, 2.45) is 12.8 Å². The molecule has 0 fully saturated rings. The Hall–Kier alpha value is -3.34. The van der Waals surface area contributed by atoms with Crippen LogP contribution in [0, 0.1) is 11.3 Å². The molecule has 3 N–H and O–H groups in total. The second-order valence-corrected chi connectivity index (χ2v) is 6.33. The number of nitriles is 1. The van der Waals surface area contributed by atoms with Crippen LogP contribution in [0.2, 0.25) is 5.02 Å². The Bertz CT molecular complexity index is 1040. The number of carbonyl (C=O) groups excluding carboxylic acids is 1. The van der Waals surface area contributed by atoms with E-state index in [1.807, 2.05) is 6.07 Å². The molecule has 0 aliphatic carbocycles. The third kappa shape index (κ3) is 3.98. The first-order valence-electron chi connectivity index (χ1n) is 8.50. The molecule has 142 valence electrons. The molecule has 3 aromatic rings. The van der Waals surface area contributed by atoms with E-state index < -0.39 is 0 Å². The van der Waals surface area contributed by atoms with Crippen molar-refractivity contribution < 1.29 is 9.53 Å². The van der Waals surface area contributed by atoms with Crippen LogP contribution in [0.1, 0.15) is 15.9 Å². The number of aromatic nitrogens is 2. The SMILES string of the molecule is Cn1ncc(Cl)c1-c1cc(NC(=O)c2ccccc2C#N)ccc1OCCN. The molecule has 2 aromatic carbocycles. The van der Waals surface area contributed by atoms with Crippen LogP contribution in [0.25, 0.3) is 11.3 Å². The molecule has 28 heavy (non-hydrogen) atoms. The van der Waals surface area contributed by atoms with Gasteiger partial charge in [0, 0.05) is 24.8 Å².